The summed E-state index contributed by atoms with van der Waals surface area (Å²) >= 11 is 0. The Morgan fingerprint density at radius 3 is 2.00 bits per heavy atom. The van der Waals surface area contributed by atoms with Crippen LogP contribution in [0.3, 0.4) is 0 Å². The number of carbonyl (C=O) groups is 2. The quantitative estimate of drug-likeness (QED) is 0.342. The first kappa shape index (κ1) is 9.90. The molecule has 0 saturated carbocycles. The number of hydrogen-bond acceptors (Lipinski definition) is 4. The summed E-state index contributed by atoms with van der Waals surface area (Å²) in [6, 6.07) is 0. The van der Waals surface area contributed by atoms with Gasteiger partial charge in [0.1, 0.15) is 5.60 Å². The average molecular weight is 162 g/mol. The molecule has 0 unspecified atom stereocenters. The van der Waals surface area contributed by atoms with Crippen molar-refractivity contribution in [1.29, 1.82) is 0 Å². The third-order valence-corrected chi connectivity index (χ3v) is 0.542. The lowest BCUT2D eigenvalue weighted by Gasteiger charge is -2.15. The maximum absolute atomic E-state index is 10.2. The van der Waals surface area contributed by atoms with Crippen molar-refractivity contribution in [3.8, 4) is 0 Å². The van der Waals surface area contributed by atoms with E-state index < -0.39 is 17.5 Å². The highest BCUT2D eigenvalue weighted by molar-refractivity contribution is 6.28. The Balaban J connectivity index is 3.73. The van der Waals surface area contributed by atoms with E-state index in [2.05, 4.69) is 9.78 Å². The highest BCUT2D eigenvalue weighted by Crippen LogP contribution is 2.06. The normalized spacial score (nSPS) is 10.8. The molecule has 0 aromatic heterocycles. The van der Waals surface area contributed by atoms with Crippen molar-refractivity contribution in [3.63, 3.8) is 0 Å². The van der Waals surface area contributed by atoms with Crippen LogP contribution in [0.2, 0.25) is 0 Å². The molecule has 0 radical (unpaired) electrons. The predicted molar refractivity (Wildman–Crippen MR) is 34.6 cm³/mol. The van der Waals surface area contributed by atoms with Gasteiger partial charge in [0.2, 0.25) is 0 Å². The van der Waals surface area contributed by atoms with Crippen molar-refractivity contribution >= 4 is 11.9 Å². The van der Waals surface area contributed by atoms with E-state index in [0.29, 0.717) is 0 Å². The third-order valence-electron chi connectivity index (χ3n) is 0.542. The van der Waals surface area contributed by atoms with E-state index in [9.17, 15) is 9.59 Å². The molecule has 5 nitrogen and oxygen atoms in total. The maximum atomic E-state index is 10.2. The van der Waals surface area contributed by atoms with Crippen LogP contribution in [0.4, 0.5) is 0 Å². The van der Waals surface area contributed by atoms with Gasteiger partial charge in [-0.1, -0.05) is 0 Å². The number of hydrogen-bond donors (Lipinski definition) is 1. The van der Waals surface area contributed by atoms with Gasteiger partial charge in [-0.15, -0.1) is 0 Å². The molecule has 0 atom stereocenters. The number of rotatable bonds is 1. The van der Waals surface area contributed by atoms with Gasteiger partial charge in [-0.05, 0) is 20.8 Å². The molecular formula is C6H10O5. The van der Waals surface area contributed by atoms with Crippen LogP contribution in [-0.2, 0) is 19.4 Å². The van der Waals surface area contributed by atoms with Crippen molar-refractivity contribution in [3.05, 3.63) is 0 Å². The first-order chi connectivity index (χ1) is 4.83. The van der Waals surface area contributed by atoms with E-state index in [-0.39, 0.29) is 0 Å². The van der Waals surface area contributed by atoms with Crippen molar-refractivity contribution < 1.29 is 24.5 Å². The lowest BCUT2D eigenvalue weighted by molar-refractivity contribution is -0.318. The lowest BCUT2D eigenvalue weighted by Crippen LogP contribution is -2.25. The first-order valence-corrected chi connectivity index (χ1v) is 2.96. The molecule has 64 valence electrons. The van der Waals surface area contributed by atoms with Crippen LogP contribution in [0.1, 0.15) is 20.8 Å². The first-order valence-electron chi connectivity index (χ1n) is 2.96. The summed E-state index contributed by atoms with van der Waals surface area (Å²) < 4.78 is 0. The monoisotopic (exact) mass is 162 g/mol. The molecule has 0 saturated heterocycles. The van der Waals surface area contributed by atoms with Crippen LogP contribution in [0.5, 0.6) is 0 Å². The molecule has 0 heterocycles. The third kappa shape index (κ3) is 5.35. The van der Waals surface area contributed by atoms with Gasteiger partial charge < -0.3 is 5.11 Å². The van der Waals surface area contributed by atoms with Gasteiger partial charge in [-0.2, -0.15) is 4.89 Å². The summed E-state index contributed by atoms with van der Waals surface area (Å²) in [5.74, 6) is -3.09. The summed E-state index contributed by atoms with van der Waals surface area (Å²) in [4.78, 5) is 28.5. The summed E-state index contributed by atoms with van der Waals surface area (Å²) in [7, 11) is 0. The molecule has 0 aliphatic rings. The van der Waals surface area contributed by atoms with Gasteiger partial charge in [-0.3, -0.25) is 4.89 Å². The standard InChI is InChI=1S/C6H10O5/c1-6(2,3)11-10-5(9)4(7)8/h1-3H3,(H,7,8). The summed E-state index contributed by atoms with van der Waals surface area (Å²) in [6.45, 7) is 4.88. The predicted octanol–water partition coefficient (Wildman–Crippen LogP) is 0.344. The Kier molecular flexibility index (Phi) is 3.00. The smallest absolute Gasteiger partial charge is 0.449 e. The van der Waals surface area contributed by atoms with Crippen LogP contribution in [0, 0.1) is 0 Å². The molecule has 0 aromatic rings. The highest BCUT2D eigenvalue weighted by Gasteiger charge is 2.19. The minimum Gasteiger partial charge on any atom is -0.473 e. The fraction of sp³-hybridized carbons (Fsp3) is 0.667. The van der Waals surface area contributed by atoms with E-state index in [1.165, 1.54) is 0 Å². The SMILES string of the molecule is CC(C)(C)OOC(=O)C(=O)O. The molecule has 0 spiro atoms. The maximum Gasteiger partial charge on any atom is 0.449 e. The Morgan fingerprint density at radius 1 is 1.27 bits per heavy atom. The molecular weight excluding hydrogens is 152 g/mol. The van der Waals surface area contributed by atoms with E-state index >= 15 is 0 Å². The molecule has 0 aliphatic carbocycles. The second-order valence-electron chi connectivity index (χ2n) is 2.87. The van der Waals surface area contributed by atoms with E-state index in [4.69, 9.17) is 5.11 Å². The van der Waals surface area contributed by atoms with Gasteiger partial charge in [0.15, 0.2) is 0 Å². The largest absolute Gasteiger partial charge is 0.473 e. The van der Waals surface area contributed by atoms with Crippen LogP contribution in [-0.4, -0.2) is 22.6 Å². The molecule has 0 fully saturated rings. The van der Waals surface area contributed by atoms with Gasteiger partial charge in [0.05, 0.1) is 0 Å². The van der Waals surface area contributed by atoms with Crippen molar-refractivity contribution in [2.45, 2.75) is 26.4 Å². The van der Waals surface area contributed by atoms with Crippen LogP contribution in [0.25, 0.3) is 0 Å². The van der Waals surface area contributed by atoms with Crippen molar-refractivity contribution in [2.75, 3.05) is 0 Å². The lowest BCUT2D eigenvalue weighted by atomic mass is 10.2. The van der Waals surface area contributed by atoms with Gasteiger partial charge in [0.25, 0.3) is 0 Å². The minimum absolute atomic E-state index is 0.689. The van der Waals surface area contributed by atoms with E-state index in [0.717, 1.165) is 0 Å². The van der Waals surface area contributed by atoms with Crippen molar-refractivity contribution in [1.82, 2.24) is 0 Å². The Morgan fingerprint density at radius 2 is 1.73 bits per heavy atom. The van der Waals surface area contributed by atoms with Crippen LogP contribution < -0.4 is 0 Å². The van der Waals surface area contributed by atoms with E-state index in [1.54, 1.807) is 20.8 Å². The van der Waals surface area contributed by atoms with Crippen molar-refractivity contribution in [2.24, 2.45) is 0 Å². The Hall–Kier alpha value is -1.10. The zero-order valence-corrected chi connectivity index (χ0v) is 6.58. The molecule has 0 aliphatic heterocycles. The van der Waals surface area contributed by atoms with Crippen LogP contribution >= 0.6 is 0 Å². The average Bonchev–Trinajstić information content (AvgIpc) is 1.80. The second-order valence-corrected chi connectivity index (χ2v) is 2.87. The van der Waals surface area contributed by atoms with Gasteiger partial charge in [-0.25, -0.2) is 9.59 Å². The fourth-order valence-electron chi connectivity index (χ4n) is 0.198. The zero-order valence-electron chi connectivity index (χ0n) is 6.58. The fourth-order valence-corrected chi connectivity index (χ4v) is 0.198. The summed E-state index contributed by atoms with van der Waals surface area (Å²) in [6.07, 6.45) is 0. The molecule has 0 bridgehead atoms. The van der Waals surface area contributed by atoms with Crippen LogP contribution in [0.15, 0.2) is 0 Å². The number of carboxylic acids is 1. The molecule has 0 rings (SSSR count). The molecule has 11 heavy (non-hydrogen) atoms. The minimum atomic E-state index is -1.67. The molecule has 5 heteroatoms. The molecule has 0 aromatic carbocycles. The zero-order chi connectivity index (χ0) is 9.07. The van der Waals surface area contributed by atoms with Gasteiger partial charge >= 0.3 is 11.9 Å². The number of aliphatic carboxylic acids is 1. The summed E-state index contributed by atoms with van der Waals surface area (Å²) in [5, 5.41) is 8.02. The highest BCUT2D eigenvalue weighted by atomic mass is 17.2. The Bertz CT molecular complexity index is 166. The van der Waals surface area contributed by atoms with Gasteiger partial charge in [0, 0.05) is 0 Å². The topological polar surface area (TPSA) is 72.8 Å². The Labute approximate surface area is 63.8 Å². The molecule has 1 N–H and O–H groups in total. The number of carbonyl (C=O) groups excluding carboxylic acids is 1. The number of carboxylic acid groups (broad SMARTS) is 1. The summed E-state index contributed by atoms with van der Waals surface area (Å²) in [5.41, 5.74) is -0.689. The van der Waals surface area contributed by atoms with E-state index in [1.807, 2.05) is 0 Å². The molecule has 0 amide bonds. The second kappa shape index (κ2) is 3.34.